The highest BCUT2D eigenvalue weighted by Crippen LogP contribution is 2.32. The van der Waals surface area contributed by atoms with Crippen molar-refractivity contribution in [3.8, 4) is 11.9 Å². The third kappa shape index (κ3) is 4.77. The van der Waals surface area contributed by atoms with Crippen LogP contribution in [0.1, 0.15) is 32.4 Å². The van der Waals surface area contributed by atoms with Crippen LogP contribution in [0.4, 0.5) is 16.0 Å². The van der Waals surface area contributed by atoms with Crippen LogP contribution >= 0.6 is 11.6 Å². The van der Waals surface area contributed by atoms with E-state index in [1.54, 1.807) is 37.0 Å². The summed E-state index contributed by atoms with van der Waals surface area (Å²) in [6, 6.07) is 3.80. The van der Waals surface area contributed by atoms with E-state index in [0.717, 1.165) is 0 Å². The average molecular weight is 423 g/mol. The van der Waals surface area contributed by atoms with E-state index in [2.05, 4.69) is 26.5 Å². The molecule has 0 radical (unpaired) electrons. The van der Waals surface area contributed by atoms with E-state index in [0.29, 0.717) is 36.1 Å². The molecule has 0 saturated heterocycles. The smallest absolute Gasteiger partial charge is 0.230 e. The van der Waals surface area contributed by atoms with Gasteiger partial charge in [0.05, 0.1) is 41.7 Å². The Hall–Kier alpha value is -2.44. The summed E-state index contributed by atoms with van der Waals surface area (Å²) in [5.41, 5.74) is 0.590. The summed E-state index contributed by atoms with van der Waals surface area (Å²) < 4.78 is 21.2. The van der Waals surface area contributed by atoms with E-state index < -0.39 is 23.2 Å². The van der Waals surface area contributed by atoms with Crippen LogP contribution in [-0.2, 0) is 5.54 Å². The van der Waals surface area contributed by atoms with E-state index in [1.807, 2.05) is 6.92 Å². The number of aliphatic hydroxyl groups is 1. The number of alkyl halides is 2. The molecule has 8 nitrogen and oxygen atoms in total. The van der Waals surface area contributed by atoms with Gasteiger partial charge in [0.1, 0.15) is 11.7 Å². The van der Waals surface area contributed by atoms with Crippen molar-refractivity contribution in [1.82, 2.24) is 19.7 Å². The Morgan fingerprint density at radius 3 is 2.97 bits per heavy atom. The number of rotatable bonds is 6. The monoisotopic (exact) mass is 422 g/mol. The van der Waals surface area contributed by atoms with Crippen LogP contribution < -0.4 is 10.1 Å². The number of halogens is 2. The van der Waals surface area contributed by atoms with Crippen molar-refractivity contribution in [3.05, 3.63) is 24.2 Å². The lowest BCUT2D eigenvalue weighted by Gasteiger charge is -2.33. The normalized spacial score (nSPS) is 24.7. The molecule has 0 amide bonds. The minimum atomic E-state index is -1.46. The zero-order valence-corrected chi connectivity index (χ0v) is 17.3. The standard InChI is InChI=1S/C19H24ClFN6O2/c1-11-13(8-27(26-11)19(2,3)10-22)24-18-23-7-6-15(25-18)29-9-12-4-5-14(28)17(21)16(12)20/h6-8,12,14,16-17,28H,4-5,9H2,1-3H3,(H,23,24,25)/t12-,14-,16-,17-/m1/s1. The second-order valence-corrected chi connectivity index (χ2v) is 8.20. The number of aliphatic hydroxyl groups excluding tert-OH is 1. The van der Waals surface area contributed by atoms with Gasteiger partial charge in [0.25, 0.3) is 0 Å². The van der Waals surface area contributed by atoms with E-state index in [9.17, 15) is 14.8 Å². The Balaban J connectivity index is 1.66. The summed E-state index contributed by atoms with van der Waals surface area (Å²) in [6.07, 6.45) is 1.74. The maximum atomic E-state index is 13.9. The lowest BCUT2D eigenvalue weighted by Crippen LogP contribution is -2.42. The Labute approximate surface area is 173 Å². The van der Waals surface area contributed by atoms with Gasteiger partial charge < -0.3 is 15.2 Å². The minimum Gasteiger partial charge on any atom is -0.477 e. The van der Waals surface area contributed by atoms with Crippen molar-refractivity contribution in [2.45, 2.75) is 56.8 Å². The van der Waals surface area contributed by atoms with Crippen LogP contribution in [-0.4, -0.2) is 49.1 Å². The fourth-order valence-corrected chi connectivity index (χ4v) is 3.43. The van der Waals surface area contributed by atoms with Gasteiger partial charge >= 0.3 is 0 Å². The lowest BCUT2D eigenvalue weighted by atomic mass is 9.86. The van der Waals surface area contributed by atoms with Crippen molar-refractivity contribution in [3.63, 3.8) is 0 Å². The van der Waals surface area contributed by atoms with Crippen molar-refractivity contribution in [1.29, 1.82) is 5.26 Å². The number of nitriles is 1. The highest BCUT2D eigenvalue weighted by atomic mass is 35.5. The van der Waals surface area contributed by atoms with Gasteiger partial charge in [0.2, 0.25) is 11.8 Å². The highest BCUT2D eigenvalue weighted by molar-refractivity contribution is 6.21. The number of ether oxygens (including phenoxy) is 1. The van der Waals surface area contributed by atoms with Gasteiger partial charge in [-0.3, -0.25) is 4.68 Å². The molecule has 4 atom stereocenters. The largest absolute Gasteiger partial charge is 0.477 e. The molecule has 0 unspecified atom stereocenters. The molecule has 1 fully saturated rings. The molecule has 156 valence electrons. The second-order valence-electron chi connectivity index (χ2n) is 7.69. The molecule has 3 rings (SSSR count). The van der Waals surface area contributed by atoms with Gasteiger partial charge in [0, 0.05) is 18.2 Å². The van der Waals surface area contributed by atoms with Gasteiger partial charge in [-0.25, -0.2) is 9.37 Å². The van der Waals surface area contributed by atoms with E-state index in [4.69, 9.17) is 16.3 Å². The summed E-state index contributed by atoms with van der Waals surface area (Å²) in [6.45, 7) is 5.55. The molecule has 1 aliphatic rings. The van der Waals surface area contributed by atoms with E-state index in [1.165, 1.54) is 0 Å². The van der Waals surface area contributed by atoms with Crippen molar-refractivity contribution in [2.75, 3.05) is 11.9 Å². The number of hydrogen-bond acceptors (Lipinski definition) is 7. The third-order valence-corrected chi connectivity index (χ3v) is 5.62. The molecule has 1 saturated carbocycles. The number of nitrogens with zero attached hydrogens (tertiary/aromatic N) is 5. The van der Waals surface area contributed by atoms with Crippen LogP contribution in [0.3, 0.4) is 0 Å². The molecule has 2 aromatic rings. The molecular formula is C19H24ClFN6O2. The number of anilines is 2. The molecule has 0 spiro atoms. The predicted octanol–water partition coefficient (Wildman–Crippen LogP) is 3.08. The zero-order valence-electron chi connectivity index (χ0n) is 16.5. The Bertz CT molecular complexity index is 899. The van der Waals surface area contributed by atoms with Crippen molar-refractivity contribution >= 4 is 23.2 Å². The number of nitrogens with one attached hydrogen (secondary N) is 1. The summed E-state index contributed by atoms with van der Waals surface area (Å²) in [4.78, 5) is 8.49. The van der Waals surface area contributed by atoms with E-state index in [-0.39, 0.29) is 12.5 Å². The first-order valence-corrected chi connectivity index (χ1v) is 9.82. The molecule has 1 aliphatic carbocycles. The highest BCUT2D eigenvalue weighted by Gasteiger charge is 2.38. The summed E-state index contributed by atoms with van der Waals surface area (Å²) in [5, 5.41) is 25.5. The van der Waals surface area contributed by atoms with Gasteiger partial charge in [-0.05, 0) is 33.6 Å². The van der Waals surface area contributed by atoms with Crippen LogP contribution in [0.25, 0.3) is 0 Å². The molecule has 0 aliphatic heterocycles. The lowest BCUT2D eigenvalue weighted by molar-refractivity contribution is 0.0183. The van der Waals surface area contributed by atoms with Crippen molar-refractivity contribution < 1.29 is 14.2 Å². The zero-order chi connectivity index (χ0) is 21.2. The average Bonchev–Trinajstić information content (AvgIpc) is 3.07. The van der Waals surface area contributed by atoms with Crippen LogP contribution in [0.5, 0.6) is 5.88 Å². The molecule has 10 heteroatoms. The number of hydrogen-bond donors (Lipinski definition) is 2. The SMILES string of the molecule is Cc1nn(C(C)(C)C#N)cc1Nc1nccc(OC[C@H]2CC[C@@H](O)[C@@H](F)[C@@H]2Cl)n1. The Morgan fingerprint density at radius 2 is 2.24 bits per heavy atom. The first-order chi connectivity index (χ1) is 13.7. The quantitative estimate of drug-likeness (QED) is 0.688. The van der Waals surface area contributed by atoms with Crippen LogP contribution in [0.2, 0.25) is 0 Å². The Morgan fingerprint density at radius 1 is 1.48 bits per heavy atom. The van der Waals surface area contributed by atoms with Gasteiger partial charge in [-0.15, -0.1) is 11.6 Å². The molecule has 0 aromatic carbocycles. The maximum Gasteiger partial charge on any atom is 0.230 e. The fourth-order valence-electron chi connectivity index (χ4n) is 3.07. The van der Waals surface area contributed by atoms with Crippen LogP contribution in [0, 0.1) is 24.2 Å². The number of aromatic nitrogens is 4. The Kier molecular flexibility index (Phi) is 6.24. The third-order valence-electron chi connectivity index (χ3n) is 5.02. The van der Waals surface area contributed by atoms with Gasteiger partial charge in [0.15, 0.2) is 0 Å². The minimum absolute atomic E-state index is 0.199. The molecule has 2 aromatic heterocycles. The second kappa shape index (κ2) is 8.51. The number of aryl methyl sites for hydroxylation is 1. The van der Waals surface area contributed by atoms with Gasteiger partial charge in [-0.1, -0.05) is 0 Å². The maximum absolute atomic E-state index is 13.9. The van der Waals surface area contributed by atoms with Crippen molar-refractivity contribution in [2.24, 2.45) is 5.92 Å². The van der Waals surface area contributed by atoms with Gasteiger partial charge in [-0.2, -0.15) is 15.3 Å². The molecular weight excluding hydrogens is 399 g/mol. The molecule has 2 N–H and O–H groups in total. The molecule has 0 bridgehead atoms. The summed E-state index contributed by atoms with van der Waals surface area (Å²) in [7, 11) is 0. The molecule has 29 heavy (non-hydrogen) atoms. The summed E-state index contributed by atoms with van der Waals surface area (Å²) >= 11 is 6.11. The van der Waals surface area contributed by atoms with Crippen LogP contribution in [0.15, 0.2) is 18.5 Å². The topological polar surface area (TPSA) is 109 Å². The summed E-state index contributed by atoms with van der Waals surface area (Å²) in [5.74, 6) is 0.426. The predicted molar refractivity (Wildman–Crippen MR) is 106 cm³/mol. The molecule has 2 heterocycles. The van der Waals surface area contributed by atoms with E-state index >= 15 is 0 Å². The first kappa shape index (κ1) is 21.3. The fraction of sp³-hybridized carbons (Fsp3) is 0.579. The first-order valence-electron chi connectivity index (χ1n) is 9.38.